The Morgan fingerprint density at radius 1 is 0.895 bits per heavy atom. The number of hydrogen-bond acceptors (Lipinski definition) is 5. The predicted octanol–water partition coefficient (Wildman–Crippen LogP) is 4.47. The third-order valence-electron chi connectivity index (χ3n) is 7.03. The molecule has 1 unspecified atom stereocenters. The van der Waals surface area contributed by atoms with Gasteiger partial charge in [0.1, 0.15) is 19.3 Å². The molecule has 7 heteroatoms. The molecule has 2 aromatic heterocycles. The minimum atomic E-state index is -0.318. The number of amides is 1. The number of nitrogens with zero attached hydrogens (tertiary/aromatic N) is 4. The van der Waals surface area contributed by atoms with Gasteiger partial charge in [0.25, 0.3) is 5.91 Å². The lowest BCUT2D eigenvalue weighted by atomic mass is 9.95. The third kappa shape index (κ3) is 4.47. The molecular weight excluding hydrogens is 476 g/mol. The molecule has 0 saturated heterocycles. The topological polar surface area (TPSA) is 67.7 Å². The maximum absolute atomic E-state index is 13.9. The molecule has 0 aliphatic carbocycles. The molecule has 38 heavy (non-hydrogen) atoms. The highest BCUT2D eigenvalue weighted by Gasteiger charge is 2.37. The fourth-order valence-corrected chi connectivity index (χ4v) is 5.18. The summed E-state index contributed by atoms with van der Waals surface area (Å²) in [5, 5.41) is 2.11. The van der Waals surface area contributed by atoms with Gasteiger partial charge < -0.3 is 9.64 Å². The second-order valence-electron chi connectivity index (χ2n) is 9.45. The van der Waals surface area contributed by atoms with Crippen molar-refractivity contribution in [1.82, 2.24) is 14.6 Å². The fourth-order valence-electron chi connectivity index (χ4n) is 5.18. The lowest BCUT2D eigenvalue weighted by Gasteiger charge is -2.44. The van der Waals surface area contributed by atoms with E-state index in [1.54, 1.807) is 22.0 Å². The molecule has 1 atom stereocenters. The average Bonchev–Trinajstić information content (AvgIpc) is 2.99. The predicted molar refractivity (Wildman–Crippen MR) is 146 cm³/mol. The van der Waals surface area contributed by atoms with E-state index in [-0.39, 0.29) is 35.4 Å². The number of pyridine rings is 2. The van der Waals surface area contributed by atoms with Crippen LogP contribution in [-0.4, -0.2) is 33.7 Å². The van der Waals surface area contributed by atoms with Gasteiger partial charge >= 0.3 is 0 Å². The summed E-state index contributed by atoms with van der Waals surface area (Å²) in [7, 11) is 0. The first-order valence-corrected chi connectivity index (χ1v) is 12.8. The van der Waals surface area contributed by atoms with Gasteiger partial charge in [-0.3, -0.25) is 24.3 Å². The Morgan fingerprint density at radius 2 is 1.71 bits per heavy atom. The van der Waals surface area contributed by atoms with Crippen LogP contribution in [0.3, 0.4) is 0 Å². The molecular formula is C31H28N4O3. The number of ether oxygens (including phenoxy) is 1. The second-order valence-corrected chi connectivity index (χ2v) is 9.45. The number of allylic oxidation sites excluding steroid dienone is 1. The van der Waals surface area contributed by atoms with Crippen molar-refractivity contribution in [2.24, 2.45) is 0 Å². The number of rotatable bonds is 4. The molecule has 2 aliphatic heterocycles. The molecule has 2 aliphatic rings. The van der Waals surface area contributed by atoms with Gasteiger partial charge in [-0.2, -0.15) is 0 Å². The van der Waals surface area contributed by atoms with Crippen molar-refractivity contribution < 1.29 is 9.53 Å². The zero-order valence-corrected chi connectivity index (χ0v) is 20.9. The molecule has 4 aromatic rings. The molecule has 1 amide bonds. The van der Waals surface area contributed by atoms with Crippen LogP contribution in [0.2, 0.25) is 0 Å². The normalized spacial score (nSPS) is 16.8. The number of carbonyl (C=O) groups is 1. The van der Waals surface area contributed by atoms with Crippen molar-refractivity contribution in [3.63, 3.8) is 0 Å². The van der Waals surface area contributed by atoms with E-state index in [1.165, 1.54) is 11.6 Å². The number of hydrogen-bond donors (Lipinski definition) is 0. The monoisotopic (exact) mass is 504 g/mol. The van der Waals surface area contributed by atoms with E-state index in [9.17, 15) is 9.59 Å². The standard InChI is InChI=1S/C31H28N4O3/c36-27-17-20-34-29(30(27)38-21-23-11-3-1-4-12-23)31(37)33-19-10-2-5-13-24-14-6-7-15-25(24)28(35(34)22-33)26-16-8-9-18-32-26/h1-9,11-12,14-18,20,28H,10,13,19,21-22H2. The Hall–Kier alpha value is -4.65. The van der Waals surface area contributed by atoms with Crippen LogP contribution in [0, 0.1) is 0 Å². The Morgan fingerprint density at radius 3 is 2.55 bits per heavy atom. The Bertz CT molecular complexity index is 1530. The minimum Gasteiger partial charge on any atom is -0.482 e. The number of aromatic nitrogens is 2. The highest BCUT2D eigenvalue weighted by atomic mass is 16.5. The van der Waals surface area contributed by atoms with Gasteiger partial charge in [0.05, 0.1) is 5.69 Å². The molecule has 0 fully saturated rings. The second kappa shape index (κ2) is 10.4. The lowest BCUT2D eigenvalue weighted by molar-refractivity contribution is 0.0679. The molecule has 4 heterocycles. The Labute approximate surface area is 221 Å². The summed E-state index contributed by atoms with van der Waals surface area (Å²) in [5.41, 5.74) is 3.98. The van der Waals surface area contributed by atoms with Gasteiger partial charge in [-0.25, -0.2) is 0 Å². The van der Waals surface area contributed by atoms with Gasteiger partial charge in [-0.1, -0.05) is 72.8 Å². The summed E-state index contributed by atoms with van der Waals surface area (Å²) in [4.78, 5) is 33.5. The van der Waals surface area contributed by atoms with Gasteiger partial charge in [0, 0.05) is 25.0 Å². The fraction of sp³-hybridized carbons (Fsp3) is 0.194. The molecule has 2 bridgehead atoms. The SMILES string of the molecule is O=C1c2c(OCc3ccccc3)c(=O)ccn2N2CN1CCC=CCc1ccccc1C2c1ccccn1. The van der Waals surface area contributed by atoms with E-state index < -0.39 is 0 Å². The van der Waals surface area contributed by atoms with Crippen molar-refractivity contribution >= 4 is 5.91 Å². The van der Waals surface area contributed by atoms with Crippen LogP contribution in [0.25, 0.3) is 0 Å². The van der Waals surface area contributed by atoms with Gasteiger partial charge in [0.15, 0.2) is 11.4 Å². The van der Waals surface area contributed by atoms with Crippen LogP contribution in [0.4, 0.5) is 0 Å². The highest BCUT2D eigenvalue weighted by molar-refractivity contribution is 5.96. The number of benzene rings is 2. The molecule has 2 aromatic carbocycles. The zero-order chi connectivity index (χ0) is 25.9. The highest BCUT2D eigenvalue weighted by Crippen LogP contribution is 2.34. The van der Waals surface area contributed by atoms with Crippen LogP contribution >= 0.6 is 0 Å². The maximum Gasteiger partial charge on any atom is 0.277 e. The van der Waals surface area contributed by atoms with E-state index in [1.807, 2.05) is 60.7 Å². The molecule has 0 saturated carbocycles. The van der Waals surface area contributed by atoms with E-state index >= 15 is 0 Å². The quantitative estimate of drug-likeness (QED) is 0.384. The summed E-state index contributed by atoms with van der Waals surface area (Å²) in [6.45, 7) is 1.06. The van der Waals surface area contributed by atoms with Crippen molar-refractivity contribution in [1.29, 1.82) is 0 Å². The van der Waals surface area contributed by atoms with Gasteiger partial charge in [-0.05, 0) is 41.7 Å². The first-order chi connectivity index (χ1) is 18.7. The summed E-state index contributed by atoms with van der Waals surface area (Å²) in [6, 6.07) is 25.0. The average molecular weight is 505 g/mol. The maximum atomic E-state index is 13.9. The largest absolute Gasteiger partial charge is 0.482 e. The van der Waals surface area contributed by atoms with E-state index in [2.05, 4.69) is 29.3 Å². The van der Waals surface area contributed by atoms with Crippen molar-refractivity contribution in [2.75, 3.05) is 18.2 Å². The van der Waals surface area contributed by atoms with Crippen LogP contribution < -0.4 is 15.2 Å². The van der Waals surface area contributed by atoms with Crippen LogP contribution in [-0.2, 0) is 13.0 Å². The molecule has 0 radical (unpaired) electrons. The molecule has 190 valence electrons. The molecule has 6 rings (SSSR count). The summed E-state index contributed by atoms with van der Waals surface area (Å²) in [6.07, 6.45) is 9.25. The van der Waals surface area contributed by atoms with Crippen LogP contribution in [0.15, 0.2) is 108 Å². The van der Waals surface area contributed by atoms with Crippen molar-refractivity contribution in [2.45, 2.75) is 25.5 Å². The first-order valence-electron chi connectivity index (χ1n) is 12.8. The van der Waals surface area contributed by atoms with Crippen molar-refractivity contribution in [3.05, 3.63) is 142 Å². The van der Waals surface area contributed by atoms with Crippen LogP contribution in [0.1, 0.15) is 45.3 Å². The number of carbonyl (C=O) groups excluding carboxylic acids is 1. The van der Waals surface area contributed by atoms with E-state index in [0.717, 1.165) is 23.2 Å². The third-order valence-corrected chi connectivity index (χ3v) is 7.03. The Balaban J connectivity index is 1.54. The molecule has 0 N–H and O–H groups in total. The van der Waals surface area contributed by atoms with Gasteiger partial charge in [-0.15, -0.1) is 0 Å². The van der Waals surface area contributed by atoms with E-state index in [4.69, 9.17) is 9.72 Å². The first kappa shape index (κ1) is 23.7. The summed E-state index contributed by atoms with van der Waals surface area (Å²) < 4.78 is 7.88. The summed E-state index contributed by atoms with van der Waals surface area (Å²) in [5.74, 6) is -0.155. The lowest BCUT2D eigenvalue weighted by Crippen LogP contribution is -2.56. The van der Waals surface area contributed by atoms with Crippen molar-refractivity contribution in [3.8, 4) is 5.75 Å². The molecule has 7 nitrogen and oxygen atoms in total. The summed E-state index contributed by atoms with van der Waals surface area (Å²) >= 11 is 0. The van der Waals surface area contributed by atoms with Gasteiger partial charge in [0.2, 0.25) is 5.43 Å². The molecule has 0 spiro atoms. The van der Waals surface area contributed by atoms with Crippen LogP contribution in [0.5, 0.6) is 5.75 Å². The smallest absolute Gasteiger partial charge is 0.277 e. The zero-order valence-electron chi connectivity index (χ0n) is 20.9. The Kier molecular flexibility index (Phi) is 6.48. The minimum absolute atomic E-state index is 0.0644. The number of fused-ring (bicyclic) bond motifs is 5. The van der Waals surface area contributed by atoms with E-state index in [0.29, 0.717) is 19.6 Å².